The van der Waals surface area contributed by atoms with Gasteiger partial charge in [0.05, 0.1) is 11.9 Å². The minimum absolute atomic E-state index is 0.00730. The van der Waals surface area contributed by atoms with Crippen LogP contribution in [0.2, 0.25) is 10.0 Å². The first-order chi connectivity index (χ1) is 16.8. The average Bonchev–Trinajstić information content (AvgIpc) is 2.80. The molecule has 0 heterocycles. The Labute approximate surface area is 224 Å². The van der Waals surface area contributed by atoms with Gasteiger partial charge in [0.1, 0.15) is 12.6 Å². The van der Waals surface area contributed by atoms with E-state index in [9.17, 15) is 18.0 Å². The molecule has 1 N–H and O–H groups in total. The molecule has 36 heavy (non-hydrogen) atoms. The van der Waals surface area contributed by atoms with Crippen LogP contribution in [-0.4, -0.2) is 50.0 Å². The van der Waals surface area contributed by atoms with Crippen molar-refractivity contribution < 1.29 is 18.0 Å². The Bertz CT molecular complexity index is 1190. The number of rotatable bonds is 11. The molecule has 0 bridgehead atoms. The smallest absolute Gasteiger partial charge is 0.244 e. The maximum absolute atomic E-state index is 13.7. The molecule has 2 aromatic rings. The Balaban J connectivity index is 2.49. The summed E-state index contributed by atoms with van der Waals surface area (Å²) in [5.41, 5.74) is 1.82. The minimum Gasteiger partial charge on any atom is -0.352 e. The molecule has 0 aliphatic rings. The van der Waals surface area contributed by atoms with Gasteiger partial charge in [-0.25, -0.2) is 8.42 Å². The first-order valence-electron chi connectivity index (χ1n) is 11.9. The Morgan fingerprint density at radius 3 is 2.22 bits per heavy atom. The van der Waals surface area contributed by atoms with Crippen LogP contribution in [0.4, 0.5) is 5.69 Å². The molecule has 198 valence electrons. The van der Waals surface area contributed by atoms with Gasteiger partial charge in [0.15, 0.2) is 0 Å². The molecule has 0 saturated carbocycles. The van der Waals surface area contributed by atoms with Crippen molar-refractivity contribution >= 4 is 50.7 Å². The van der Waals surface area contributed by atoms with Crippen molar-refractivity contribution in [2.24, 2.45) is 0 Å². The van der Waals surface area contributed by atoms with Gasteiger partial charge in [-0.3, -0.25) is 13.9 Å². The number of hydrogen-bond donors (Lipinski definition) is 1. The number of carbonyl (C=O) groups excluding carboxylic acids is 2. The molecule has 0 aliphatic carbocycles. The lowest BCUT2D eigenvalue weighted by molar-refractivity contribution is -0.139. The van der Waals surface area contributed by atoms with E-state index in [0.29, 0.717) is 21.3 Å². The van der Waals surface area contributed by atoms with Crippen molar-refractivity contribution in [3.05, 3.63) is 63.6 Å². The van der Waals surface area contributed by atoms with Gasteiger partial charge in [0.25, 0.3) is 0 Å². The highest BCUT2D eigenvalue weighted by atomic mass is 35.5. The molecule has 2 rings (SSSR count). The summed E-state index contributed by atoms with van der Waals surface area (Å²) in [6, 6.07) is 11.0. The fourth-order valence-electron chi connectivity index (χ4n) is 3.68. The molecule has 0 radical (unpaired) electrons. The highest BCUT2D eigenvalue weighted by Crippen LogP contribution is 2.29. The van der Waals surface area contributed by atoms with Crippen LogP contribution in [0.25, 0.3) is 0 Å². The van der Waals surface area contributed by atoms with Gasteiger partial charge in [-0.2, -0.15) is 0 Å². The van der Waals surface area contributed by atoms with E-state index in [4.69, 9.17) is 23.2 Å². The molecule has 7 nitrogen and oxygen atoms in total. The van der Waals surface area contributed by atoms with Gasteiger partial charge in [0.2, 0.25) is 21.8 Å². The number of nitrogens with one attached hydrogen (secondary N) is 1. The van der Waals surface area contributed by atoms with Gasteiger partial charge >= 0.3 is 0 Å². The van der Waals surface area contributed by atoms with E-state index in [1.807, 2.05) is 39.8 Å². The Kier molecular flexibility index (Phi) is 10.6. The summed E-state index contributed by atoms with van der Waals surface area (Å²) in [6.45, 7) is 8.89. The van der Waals surface area contributed by atoms with Crippen LogP contribution in [0.3, 0.4) is 0 Å². The summed E-state index contributed by atoms with van der Waals surface area (Å²) in [6.07, 6.45) is 1.79. The number of para-hydroxylation sites is 1. The van der Waals surface area contributed by atoms with E-state index in [1.165, 1.54) is 4.90 Å². The van der Waals surface area contributed by atoms with Crippen LogP contribution in [-0.2, 0) is 26.2 Å². The molecule has 0 aliphatic heterocycles. The molecule has 2 amide bonds. The van der Waals surface area contributed by atoms with Gasteiger partial charge in [-0.1, -0.05) is 68.2 Å². The molecule has 2 atom stereocenters. The lowest BCUT2D eigenvalue weighted by Crippen LogP contribution is -2.52. The first kappa shape index (κ1) is 29.9. The predicted octanol–water partition coefficient (Wildman–Crippen LogP) is 5.21. The molecule has 10 heteroatoms. The second kappa shape index (κ2) is 12.8. The summed E-state index contributed by atoms with van der Waals surface area (Å²) in [5.74, 6) is -0.835. The van der Waals surface area contributed by atoms with Crippen LogP contribution in [0.1, 0.15) is 58.1 Å². The van der Waals surface area contributed by atoms with Gasteiger partial charge in [0, 0.05) is 22.6 Å². The Hall–Kier alpha value is -2.29. The minimum atomic E-state index is -3.82. The lowest BCUT2D eigenvalue weighted by Gasteiger charge is -2.33. The lowest BCUT2D eigenvalue weighted by atomic mass is 10.0. The maximum Gasteiger partial charge on any atom is 0.244 e. The molecular formula is C26H35Cl2N3O4S. The molecule has 2 unspecified atom stereocenters. The number of benzene rings is 2. The molecular weight excluding hydrogens is 521 g/mol. The largest absolute Gasteiger partial charge is 0.352 e. The molecule has 0 fully saturated rings. The average molecular weight is 557 g/mol. The quantitative estimate of drug-likeness (QED) is 0.412. The van der Waals surface area contributed by atoms with Crippen molar-refractivity contribution in [2.45, 2.75) is 65.6 Å². The number of hydrogen-bond acceptors (Lipinski definition) is 4. The summed E-state index contributed by atoms with van der Waals surface area (Å²) in [5, 5.41) is 3.68. The van der Waals surface area contributed by atoms with Crippen LogP contribution in [0.15, 0.2) is 42.5 Å². The molecule has 2 aromatic carbocycles. The molecule has 0 saturated heterocycles. The first-order valence-corrected chi connectivity index (χ1v) is 14.5. The van der Waals surface area contributed by atoms with E-state index >= 15 is 0 Å². The van der Waals surface area contributed by atoms with Crippen molar-refractivity contribution in [3.8, 4) is 0 Å². The third kappa shape index (κ3) is 7.85. The highest BCUT2D eigenvalue weighted by molar-refractivity contribution is 7.92. The van der Waals surface area contributed by atoms with Crippen LogP contribution in [0.5, 0.6) is 0 Å². The summed E-state index contributed by atoms with van der Waals surface area (Å²) in [4.78, 5) is 28.1. The monoisotopic (exact) mass is 555 g/mol. The van der Waals surface area contributed by atoms with Gasteiger partial charge in [-0.05, 0) is 55.5 Å². The predicted molar refractivity (Wildman–Crippen MR) is 147 cm³/mol. The van der Waals surface area contributed by atoms with E-state index in [0.717, 1.165) is 22.5 Å². The molecule has 0 aromatic heterocycles. The summed E-state index contributed by atoms with van der Waals surface area (Å²) < 4.78 is 26.8. The summed E-state index contributed by atoms with van der Waals surface area (Å²) >= 11 is 12.4. The SMILES string of the molecule is CCC(C)NC(=O)C(C)N(Cc1ccc(Cl)cc1Cl)C(=O)CN(c1ccccc1C(C)C)S(C)(=O)=O. The number of amides is 2. The van der Waals surface area contributed by atoms with E-state index in [1.54, 1.807) is 37.3 Å². The van der Waals surface area contributed by atoms with Crippen LogP contribution >= 0.6 is 23.2 Å². The van der Waals surface area contributed by atoms with Crippen molar-refractivity contribution in [2.75, 3.05) is 17.1 Å². The number of carbonyl (C=O) groups is 2. The van der Waals surface area contributed by atoms with Gasteiger partial charge in [-0.15, -0.1) is 0 Å². The fourth-order valence-corrected chi connectivity index (χ4v) is 5.02. The third-order valence-electron chi connectivity index (χ3n) is 6.03. The number of anilines is 1. The van der Waals surface area contributed by atoms with Gasteiger partial charge < -0.3 is 10.2 Å². The standard InChI is InChI=1S/C26H35Cl2N3O4S/c1-7-18(4)29-26(33)19(5)30(15-20-12-13-21(27)14-23(20)28)25(32)16-31(36(6,34)35)24-11-9-8-10-22(24)17(2)3/h8-14,17-19H,7,15-16H2,1-6H3,(H,29,33). The fraction of sp³-hybridized carbons (Fsp3) is 0.462. The Morgan fingerprint density at radius 1 is 1.03 bits per heavy atom. The zero-order chi connectivity index (χ0) is 27.2. The topological polar surface area (TPSA) is 86.8 Å². The van der Waals surface area contributed by atoms with Crippen molar-refractivity contribution in [1.82, 2.24) is 10.2 Å². The third-order valence-corrected chi connectivity index (χ3v) is 7.74. The van der Waals surface area contributed by atoms with Crippen LogP contribution in [0, 0.1) is 0 Å². The number of sulfonamides is 1. The second-order valence-corrected chi connectivity index (χ2v) is 12.0. The molecule has 0 spiro atoms. The van der Waals surface area contributed by atoms with Crippen molar-refractivity contribution in [1.29, 1.82) is 0 Å². The van der Waals surface area contributed by atoms with E-state index < -0.39 is 28.5 Å². The second-order valence-electron chi connectivity index (χ2n) is 9.23. The normalized spacial score (nSPS) is 13.2. The Morgan fingerprint density at radius 2 is 1.67 bits per heavy atom. The van der Waals surface area contributed by atoms with E-state index in [2.05, 4.69) is 5.32 Å². The zero-order valence-electron chi connectivity index (χ0n) is 21.6. The maximum atomic E-state index is 13.7. The van der Waals surface area contributed by atoms with E-state index in [-0.39, 0.29) is 24.4 Å². The number of halogens is 2. The highest BCUT2D eigenvalue weighted by Gasteiger charge is 2.31. The van der Waals surface area contributed by atoms with Crippen molar-refractivity contribution in [3.63, 3.8) is 0 Å². The zero-order valence-corrected chi connectivity index (χ0v) is 23.9. The summed E-state index contributed by atoms with van der Waals surface area (Å²) in [7, 11) is -3.82. The number of nitrogens with zero attached hydrogens (tertiary/aromatic N) is 2. The van der Waals surface area contributed by atoms with Crippen LogP contribution < -0.4 is 9.62 Å².